The molecule has 0 bridgehead atoms. The van der Waals surface area contributed by atoms with Gasteiger partial charge in [0.05, 0.1) is 0 Å². The first-order chi connectivity index (χ1) is 7.66. The van der Waals surface area contributed by atoms with Crippen LogP contribution in [0.25, 0.3) is 0 Å². The van der Waals surface area contributed by atoms with Crippen molar-refractivity contribution in [3.63, 3.8) is 0 Å². The number of nitrogens with zero attached hydrogens (tertiary/aromatic N) is 2. The number of hydrogen-bond donors (Lipinski definition) is 0. The highest BCUT2D eigenvalue weighted by molar-refractivity contribution is 5.73. The number of carbonyl (C=O) groups excluding carboxylic acids is 1. The summed E-state index contributed by atoms with van der Waals surface area (Å²) in [6.07, 6.45) is 0. The van der Waals surface area contributed by atoms with Gasteiger partial charge in [0.2, 0.25) is 5.91 Å². The van der Waals surface area contributed by atoms with Crippen molar-refractivity contribution in [2.24, 2.45) is 0 Å². The SMILES string of the molecule is C.CC(=O)N1CCN(c2ccc(C)cc2)CC1. The van der Waals surface area contributed by atoms with Crippen LogP contribution in [0.4, 0.5) is 5.69 Å². The summed E-state index contributed by atoms with van der Waals surface area (Å²) in [5, 5.41) is 0. The number of piperazine rings is 1. The zero-order valence-electron chi connectivity index (χ0n) is 9.94. The third-order valence-electron chi connectivity index (χ3n) is 3.12. The third kappa shape index (κ3) is 3.22. The maximum absolute atomic E-state index is 11.2. The van der Waals surface area contributed by atoms with Gasteiger partial charge in [0.1, 0.15) is 0 Å². The minimum Gasteiger partial charge on any atom is -0.368 e. The molecule has 0 atom stereocenters. The average molecular weight is 234 g/mol. The van der Waals surface area contributed by atoms with Crippen molar-refractivity contribution in [2.75, 3.05) is 31.1 Å². The van der Waals surface area contributed by atoms with E-state index in [2.05, 4.69) is 36.1 Å². The van der Waals surface area contributed by atoms with Crippen LogP contribution in [0, 0.1) is 6.92 Å². The Morgan fingerprint density at radius 3 is 2.06 bits per heavy atom. The smallest absolute Gasteiger partial charge is 0.219 e. The fourth-order valence-corrected chi connectivity index (χ4v) is 2.04. The fourth-order valence-electron chi connectivity index (χ4n) is 2.04. The van der Waals surface area contributed by atoms with E-state index < -0.39 is 0 Å². The molecule has 0 radical (unpaired) electrons. The first-order valence-electron chi connectivity index (χ1n) is 5.74. The molecule has 0 aromatic heterocycles. The minimum absolute atomic E-state index is 0. The molecule has 2 rings (SSSR count). The normalized spacial score (nSPS) is 15.4. The molecule has 0 N–H and O–H groups in total. The Morgan fingerprint density at radius 2 is 1.59 bits per heavy atom. The van der Waals surface area contributed by atoms with E-state index in [1.165, 1.54) is 11.3 Å². The maximum Gasteiger partial charge on any atom is 0.219 e. The highest BCUT2D eigenvalue weighted by atomic mass is 16.2. The number of hydrogen-bond acceptors (Lipinski definition) is 2. The van der Waals surface area contributed by atoms with Gasteiger partial charge in [0.15, 0.2) is 0 Å². The van der Waals surface area contributed by atoms with E-state index in [9.17, 15) is 4.79 Å². The Balaban J connectivity index is 0.00000144. The molecule has 1 heterocycles. The minimum atomic E-state index is 0. The molecule has 3 heteroatoms. The molecule has 1 fully saturated rings. The number of carbonyl (C=O) groups is 1. The van der Waals surface area contributed by atoms with E-state index in [0.29, 0.717) is 0 Å². The zero-order chi connectivity index (χ0) is 11.5. The first kappa shape index (κ1) is 13.6. The van der Waals surface area contributed by atoms with E-state index >= 15 is 0 Å². The Kier molecular flexibility index (Phi) is 4.55. The molecule has 0 aliphatic carbocycles. The van der Waals surface area contributed by atoms with Crippen LogP contribution in [0.2, 0.25) is 0 Å². The monoisotopic (exact) mass is 234 g/mol. The van der Waals surface area contributed by atoms with Crippen molar-refractivity contribution >= 4 is 11.6 Å². The Bertz CT molecular complexity index is 364. The van der Waals surface area contributed by atoms with Crippen LogP contribution >= 0.6 is 0 Å². The molecule has 94 valence electrons. The molecular formula is C14H22N2O. The van der Waals surface area contributed by atoms with E-state index in [4.69, 9.17) is 0 Å². The molecule has 1 saturated heterocycles. The molecule has 1 aromatic rings. The third-order valence-corrected chi connectivity index (χ3v) is 3.12. The summed E-state index contributed by atoms with van der Waals surface area (Å²) in [5.74, 6) is 0.184. The van der Waals surface area contributed by atoms with E-state index in [-0.39, 0.29) is 13.3 Å². The molecule has 0 unspecified atom stereocenters. The second kappa shape index (κ2) is 5.71. The van der Waals surface area contributed by atoms with Gasteiger partial charge >= 0.3 is 0 Å². The Labute approximate surface area is 104 Å². The second-order valence-corrected chi connectivity index (χ2v) is 4.33. The van der Waals surface area contributed by atoms with Crippen molar-refractivity contribution in [3.8, 4) is 0 Å². The largest absolute Gasteiger partial charge is 0.368 e. The summed E-state index contributed by atoms with van der Waals surface area (Å²) in [6, 6.07) is 8.57. The molecule has 0 spiro atoms. The van der Waals surface area contributed by atoms with Crippen molar-refractivity contribution in [3.05, 3.63) is 29.8 Å². The predicted molar refractivity (Wildman–Crippen MR) is 72.4 cm³/mol. The lowest BCUT2D eigenvalue weighted by atomic mass is 10.2. The zero-order valence-corrected chi connectivity index (χ0v) is 9.94. The van der Waals surface area contributed by atoms with Crippen LogP contribution in [0.1, 0.15) is 19.9 Å². The number of benzene rings is 1. The molecule has 1 aliphatic heterocycles. The number of amides is 1. The topological polar surface area (TPSA) is 23.6 Å². The van der Waals surface area contributed by atoms with E-state index in [1.807, 2.05) is 4.90 Å². The van der Waals surface area contributed by atoms with Crippen molar-refractivity contribution in [2.45, 2.75) is 21.3 Å². The van der Waals surface area contributed by atoms with Crippen molar-refractivity contribution < 1.29 is 4.79 Å². The first-order valence-corrected chi connectivity index (χ1v) is 5.74. The van der Waals surface area contributed by atoms with E-state index in [0.717, 1.165) is 26.2 Å². The summed E-state index contributed by atoms with van der Waals surface area (Å²) in [6.45, 7) is 7.27. The van der Waals surface area contributed by atoms with Crippen LogP contribution in [0.5, 0.6) is 0 Å². The number of aryl methyl sites for hydroxylation is 1. The summed E-state index contributed by atoms with van der Waals surface area (Å²) in [4.78, 5) is 15.4. The van der Waals surface area contributed by atoms with Gasteiger partial charge in [-0.1, -0.05) is 25.1 Å². The molecule has 1 amide bonds. The Hall–Kier alpha value is -1.51. The van der Waals surface area contributed by atoms with Crippen LogP contribution in [0.3, 0.4) is 0 Å². The van der Waals surface area contributed by atoms with Gasteiger partial charge in [-0.3, -0.25) is 4.79 Å². The van der Waals surface area contributed by atoms with Gasteiger partial charge in [-0.15, -0.1) is 0 Å². The highest BCUT2D eigenvalue weighted by Gasteiger charge is 2.18. The quantitative estimate of drug-likeness (QED) is 0.744. The molecule has 1 aromatic carbocycles. The van der Waals surface area contributed by atoms with Crippen LogP contribution in [0.15, 0.2) is 24.3 Å². The highest BCUT2D eigenvalue weighted by Crippen LogP contribution is 2.16. The summed E-state index contributed by atoms with van der Waals surface area (Å²) in [7, 11) is 0. The summed E-state index contributed by atoms with van der Waals surface area (Å²) in [5.41, 5.74) is 2.54. The lowest BCUT2D eigenvalue weighted by Gasteiger charge is -2.35. The molecule has 3 nitrogen and oxygen atoms in total. The summed E-state index contributed by atoms with van der Waals surface area (Å²) >= 11 is 0. The Morgan fingerprint density at radius 1 is 1.06 bits per heavy atom. The van der Waals surface area contributed by atoms with Crippen LogP contribution in [-0.4, -0.2) is 37.0 Å². The van der Waals surface area contributed by atoms with Crippen LogP contribution < -0.4 is 4.90 Å². The van der Waals surface area contributed by atoms with Gasteiger partial charge in [-0.05, 0) is 19.1 Å². The van der Waals surface area contributed by atoms with Crippen molar-refractivity contribution in [1.29, 1.82) is 0 Å². The van der Waals surface area contributed by atoms with Gasteiger partial charge in [0, 0.05) is 38.8 Å². The fraction of sp³-hybridized carbons (Fsp3) is 0.500. The lowest BCUT2D eigenvalue weighted by molar-refractivity contribution is -0.129. The van der Waals surface area contributed by atoms with Crippen molar-refractivity contribution in [1.82, 2.24) is 4.90 Å². The van der Waals surface area contributed by atoms with Gasteiger partial charge in [0.25, 0.3) is 0 Å². The van der Waals surface area contributed by atoms with Gasteiger partial charge in [-0.2, -0.15) is 0 Å². The van der Waals surface area contributed by atoms with Crippen LogP contribution in [-0.2, 0) is 4.79 Å². The van der Waals surface area contributed by atoms with Gasteiger partial charge < -0.3 is 9.80 Å². The number of anilines is 1. The van der Waals surface area contributed by atoms with Gasteiger partial charge in [-0.25, -0.2) is 0 Å². The molecule has 17 heavy (non-hydrogen) atoms. The predicted octanol–water partition coefficient (Wildman–Crippen LogP) is 2.30. The lowest BCUT2D eigenvalue weighted by Crippen LogP contribution is -2.48. The summed E-state index contributed by atoms with van der Waals surface area (Å²) < 4.78 is 0. The average Bonchev–Trinajstić information content (AvgIpc) is 2.30. The van der Waals surface area contributed by atoms with E-state index in [1.54, 1.807) is 6.92 Å². The maximum atomic E-state index is 11.2. The molecular weight excluding hydrogens is 212 g/mol. The second-order valence-electron chi connectivity index (χ2n) is 4.33. The number of rotatable bonds is 1. The standard InChI is InChI=1S/C13H18N2O.CH4/c1-11-3-5-13(6-4-11)15-9-7-14(8-10-15)12(2)16;/h3-6H,7-10H2,1-2H3;1H4. The molecule has 1 aliphatic rings. The molecule has 0 saturated carbocycles.